The number of anilines is 1. The number of aliphatic carboxylic acids is 1. The number of aryl methyl sites for hydroxylation is 1. The first-order chi connectivity index (χ1) is 10.1. The lowest BCUT2D eigenvalue weighted by molar-refractivity contribution is -0.144. The summed E-state index contributed by atoms with van der Waals surface area (Å²) in [6, 6.07) is 5.40. The molecular weight excluding hydrogens is 270 g/mol. The van der Waals surface area contributed by atoms with Crippen LogP contribution >= 0.6 is 0 Å². The third-order valence-corrected chi connectivity index (χ3v) is 3.74. The Morgan fingerprint density at radius 3 is 2.90 bits per heavy atom. The van der Waals surface area contributed by atoms with Crippen LogP contribution in [0.15, 0.2) is 12.1 Å². The smallest absolute Gasteiger partial charge is 0.308 e. The molecule has 0 amide bonds. The van der Waals surface area contributed by atoms with Crippen molar-refractivity contribution in [3.8, 4) is 6.07 Å². The molecule has 112 valence electrons. The van der Waals surface area contributed by atoms with Gasteiger partial charge in [0, 0.05) is 25.5 Å². The molecule has 0 spiro atoms. The number of ether oxygens (including phenoxy) is 1. The van der Waals surface area contributed by atoms with Crippen LogP contribution in [0.1, 0.15) is 24.1 Å². The van der Waals surface area contributed by atoms with Gasteiger partial charge in [0.25, 0.3) is 0 Å². The van der Waals surface area contributed by atoms with Crippen molar-refractivity contribution in [3.05, 3.63) is 23.4 Å². The van der Waals surface area contributed by atoms with Gasteiger partial charge in [0.1, 0.15) is 5.82 Å². The molecule has 6 nitrogen and oxygen atoms in total. The molecule has 6 heteroatoms. The number of hydrogen-bond donors (Lipinski definition) is 2. The fraction of sp³-hybridized carbons (Fsp3) is 0.533. The Morgan fingerprint density at radius 1 is 1.57 bits per heavy atom. The number of rotatable bonds is 5. The quantitative estimate of drug-likeness (QED) is 0.858. The van der Waals surface area contributed by atoms with Crippen LogP contribution in [-0.2, 0) is 9.53 Å². The summed E-state index contributed by atoms with van der Waals surface area (Å²) in [5.41, 5.74) is 1.25. The molecule has 1 atom stereocenters. The second-order valence-corrected chi connectivity index (χ2v) is 5.27. The molecule has 0 aromatic carbocycles. The van der Waals surface area contributed by atoms with Gasteiger partial charge >= 0.3 is 5.97 Å². The van der Waals surface area contributed by atoms with E-state index >= 15 is 0 Å². The van der Waals surface area contributed by atoms with Gasteiger partial charge in [-0.05, 0) is 37.8 Å². The molecule has 2 rings (SSSR count). The van der Waals surface area contributed by atoms with Crippen LogP contribution < -0.4 is 5.32 Å². The fourth-order valence-corrected chi connectivity index (χ4v) is 2.61. The number of nitrogens with one attached hydrogen (secondary N) is 1. The van der Waals surface area contributed by atoms with Crippen LogP contribution in [0.4, 0.5) is 5.82 Å². The van der Waals surface area contributed by atoms with E-state index in [1.54, 1.807) is 19.1 Å². The highest BCUT2D eigenvalue weighted by molar-refractivity contribution is 5.71. The maximum atomic E-state index is 11.5. The molecule has 1 aromatic heterocycles. The molecule has 1 aliphatic rings. The highest BCUT2D eigenvalue weighted by Gasteiger charge is 2.29. The van der Waals surface area contributed by atoms with Crippen LogP contribution in [0.2, 0.25) is 0 Å². The van der Waals surface area contributed by atoms with Crippen molar-refractivity contribution < 1.29 is 14.6 Å². The fourth-order valence-electron chi connectivity index (χ4n) is 2.61. The third-order valence-electron chi connectivity index (χ3n) is 3.74. The van der Waals surface area contributed by atoms with Gasteiger partial charge in [-0.2, -0.15) is 5.26 Å². The van der Waals surface area contributed by atoms with Gasteiger partial charge in [0.2, 0.25) is 0 Å². The number of hydrogen-bond acceptors (Lipinski definition) is 5. The van der Waals surface area contributed by atoms with Crippen LogP contribution in [0.5, 0.6) is 0 Å². The van der Waals surface area contributed by atoms with Gasteiger partial charge in [-0.1, -0.05) is 0 Å². The first-order valence-corrected chi connectivity index (χ1v) is 7.03. The summed E-state index contributed by atoms with van der Waals surface area (Å²) in [6.45, 7) is 3.35. The number of carboxylic acid groups (broad SMARTS) is 1. The van der Waals surface area contributed by atoms with E-state index in [2.05, 4.69) is 16.4 Å². The Hall–Kier alpha value is -2.13. The highest BCUT2D eigenvalue weighted by Crippen LogP contribution is 2.24. The summed E-state index contributed by atoms with van der Waals surface area (Å²) in [7, 11) is 0. The lowest BCUT2D eigenvalue weighted by Gasteiger charge is -2.27. The molecule has 1 aliphatic heterocycles. The average Bonchev–Trinajstić information content (AvgIpc) is 2.47. The van der Waals surface area contributed by atoms with Gasteiger partial charge in [-0.15, -0.1) is 0 Å². The highest BCUT2D eigenvalue weighted by atomic mass is 16.5. The van der Waals surface area contributed by atoms with Crippen molar-refractivity contribution >= 4 is 11.8 Å². The maximum Gasteiger partial charge on any atom is 0.308 e. The predicted octanol–water partition coefficient (Wildman–Crippen LogP) is 1.80. The van der Waals surface area contributed by atoms with Crippen molar-refractivity contribution in [2.24, 2.45) is 11.8 Å². The molecule has 1 fully saturated rings. The molecule has 2 N–H and O–H groups in total. The monoisotopic (exact) mass is 289 g/mol. The van der Waals surface area contributed by atoms with E-state index in [9.17, 15) is 9.90 Å². The Morgan fingerprint density at radius 2 is 2.29 bits per heavy atom. The van der Waals surface area contributed by atoms with E-state index in [1.807, 2.05) is 0 Å². The lowest BCUT2D eigenvalue weighted by atomic mass is 9.86. The molecule has 2 heterocycles. The van der Waals surface area contributed by atoms with Crippen LogP contribution in [0.25, 0.3) is 0 Å². The van der Waals surface area contributed by atoms with E-state index in [-0.39, 0.29) is 5.92 Å². The van der Waals surface area contributed by atoms with Crippen molar-refractivity contribution in [1.29, 1.82) is 5.26 Å². The summed E-state index contributed by atoms with van der Waals surface area (Å²) >= 11 is 0. The number of carbonyl (C=O) groups is 1. The minimum absolute atomic E-state index is 0.115. The molecular formula is C15H19N3O3. The van der Waals surface area contributed by atoms with Crippen molar-refractivity contribution in [1.82, 2.24) is 4.98 Å². The maximum absolute atomic E-state index is 11.5. The van der Waals surface area contributed by atoms with Gasteiger partial charge in [0.15, 0.2) is 0 Å². The van der Waals surface area contributed by atoms with Crippen molar-refractivity contribution in [2.45, 2.75) is 19.8 Å². The zero-order valence-corrected chi connectivity index (χ0v) is 12.0. The molecule has 0 radical (unpaired) electrons. The lowest BCUT2D eigenvalue weighted by Crippen LogP contribution is -2.34. The van der Waals surface area contributed by atoms with E-state index in [0.29, 0.717) is 31.1 Å². The van der Waals surface area contributed by atoms with Crippen molar-refractivity contribution in [2.75, 3.05) is 25.1 Å². The third kappa shape index (κ3) is 4.17. The van der Waals surface area contributed by atoms with E-state index in [4.69, 9.17) is 10.00 Å². The number of carboxylic acids is 1. The number of pyridine rings is 1. The van der Waals surface area contributed by atoms with Gasteiger partial charge < -0.3 is 15.2 Å². The van der Waals surface area contributed by atoms with Crippen LogP contribution in [0.3, 0.4) is 0 Å². The van der Waals surface area contributed by atoms with Gasteiger partial charge in [0.05, 0.1) is 17.6 Å². The molecule has 1 aromatic rings. The predicted molar refractivity (Wildman–Crippen MR) is 76.8 cm³/mol. The SMILES string of the molecule is Cc1cc(C#N)cc(NCC(C(=O)O)C2CCOCC2)n1. The van der Waals surface area contributed by atoms with Crippen LogP contribution in [-0.4, -0.2) is 35.8 Å². The Labute approximate surface area is 123 Å². The molecule has 0 aliphatic carbocycles. The zero-order chi connectivity index (χ0) is 15.2. The zero-order valence-electron chi connectivity index (χ0n) is 12.0. The largest absolute Gasteiger partial charge is 0.481 e. The summed E-state index contributed by atoms with van der Waals surface area (Å²) < 4.78 is 5.28. The number of nitrogens with zero attached hydrogens (tertiary/aromatic N) is 2. The Bertz CT molecular complexity index is 548. The van der Waals surface area contributed by atoms with E-state index in [0.717, 1.165) is 18.5 Å². The van der Waals surface area contributed by atoms with Gasteiger partial charge in [-0.25, -0.2) is 4.98 Å². The Balaban J connectivity index is 2.03. The second-order valence-electron chi connectivity index (χ2n) is 5.27. The minimum Gasteiger partial charge on any atom is -0.481 e. The first kappa shape index (κ1) is 15.3. The summed E-state index contributed by atoms with van der Waals surface area (Å²) in [4.78, 5) is 15.7. The normalized spacial score (nSPS) is 17.0. The van der Waals surface area contributed by atoms with Crippen LogP contribution in [0, 0.1) is 30.1 Å². The summed E-state index contributed by atoms with van der Waals surface area (Å²) in [5, 5.41) is 21.4. The summed E-state index contributed by atoms with van der Waals surface area (Å²) in [6.07, 6.45) is 1.53. The molecule has 21 heavy (non-hydrogen) atoms. The molecule has 1 saturated heterocycles. The number of aromatic nitrogens is 1. The Kier molecular flexibility index (Phi) is 5.12. The minimum atomic E-state index is -0.803. The standard InChI is InChI=1S/C15H19N3O3/c1-10-6-11(8-16)7-14(18-10)17-9-13(15(19)20)12-2-4-21-5-3-12/h6-7,12-13H,2-5,9H2,1H3,(H,17,18)(H,19,20). The van der Waals surface area contributed by atoms with Gasteiger partial charge in [-0.3, -0.25) is 4.79 Å². The topological polar surface area (TPSA) is 95.2 Å². The summed E-state index contributed by atoms with van der Waals surface area (Å²) in [5.74, 6) is -0.613. The van der Waals surface area contributed by atoms with E-state index in [1.165, 1.54) is 0 Å². The molecule has 1 unspecified atom stereocenters. The average molecular weight is 289 g/mol. The van der Waals surface area contributed by atoms with Crippen molar-refractivity contribution in [3.63, 3.8) is 0 Å². The second kappa shape index (κ2) is 7.04. The van der Waals surface area contributed by atoms with E-state index < -0.39 is 11.9 Å². The number of nitriles is 1. The molecule has 0 saturated carbocycles. The first-order valence-electron chi connectivity index (χ1n) is 7.03. The molecule has 0 bridgehead atoms.